The van der Waals surface area contributed by atoms with Gasteiger partial charge in [-0.2, -0.15) is 5.10 Å². The van der Waals surface area contributed by atoms with Crippen LogP contribution in [0.25, 0.3) is 11.4 Å². The SMILES string of the molecule is COc1ccc2cc1OCCn1nc(-c3ccccc3)nc1[C@@H](C)NC(=O)CN(C(=O)COCc1ccccc1)CCNC2=O. The first kappa shape index (κ1) is 31.2. The van der Waals surface area contributed by atoms with Gasteiger partial charge in [0.05, 0.1) is 32.8 Å². The molecule has 5 rings (SSSR count). The van der Waals surface area contributed by atoms with Gasteiger partial charge in [-0.05, 0) is 30.7 Å². The van der Waals surface area contributed by atoms with Gasteiger partial charge in [0.15, 0.2) is 17.3 Å². The number of rotatable bonds is 6. The third-order valence-electron chi connectivity index (χ3n) is 7.18. The highest BCUT2D eigenvalue weighted by molar-refractivity contribution is 5.95. The van der Waals surface area contributed by atoms with Crippen LogP contribution in [0.15, 0.2) is 78.9 Å². The molecule has 1 atom stereocenters. The van der Waals surface area contributed by atoms with E-state index in [4.69, 9.17) is 24.3 Å². The van der Waals surface area contributed by atoms with Gasteiger partial charge in [0.1, 0.15) is 19.0 Å². The van der Waals surface area contributed by atoms with E-state index in [2.05, 4.69) is 10.6 Å². The summed E-state index contributed by atoms with van der Waals surface area (Å²) in [5.41, 5.74) is 2.11. The van der Waals surface area contributed by atoms with Crippen molar-refractivity contribution in [2.75, 3.05) is 40.0 Å². The van der Waals surface area contributed by atoms with Gasteiger partial charge in [-0.15, -0.1) is 0 Å². The Bertz CT molecular complexity index is 1610. The quantitative estimate of drug-likeness (QED) is 0.339. The summed E-state index contributed by atoms with van der Waals surface area (Å²) in [6, 6.07) is 23.4. The highest BCUT2D eigenvalue weighted by Gasteiger charge is 2.23. The van der Waals surface area contributed by atoms with Crippen LogP contribution in [0.5, 0.6) is 11.5 Å². The summed E-state index contributed by atoms with van der Waals surface area (Å²) < 4.78 is 18.8. The van der Waals surface area contributed by atoms with Crippen LogP contribution in [0.1, 0.15) is 34.7 Å². The van der Waals surface area contributed by atoms with Crippen LogP contribution in [0.3, 0.4) is 0 Å². The Balaban J connectivity index is 1.39. The van der Waals surface area contributed by atoms with E-state index in [1.165, 1.54) is 12.0 Å². The van der Waals surface area contributed by atoms with Crippen molar-refractivity contribution in [2.45, 2.75) is 26.1 Å². The van der Waals surface area contributed by atoms with Crippen molar-refractivity contribution in [1.29, 1.82) is 0 Å². The number of amides is 3. The van der Waals surface area contributed by atoms with Gasteiger partial charge in [0.2, 0.25) is 11.8 Å². The third kappa shape index (κ3) is 8.24. The van der Waals surface area contributed by atoms with Gasteiger partial charge in [0, 0.05) is 24.2 Å². The second kappa shape index (κ2) is 15.0. The van der Waals surface area contributed by atoms with E-state index >= 15 is 0 Å². The molecular formula is C33H36N6O6. The molecule has 1 aliphatic rings. The van der Waals surface area contributed by atoms with Gasteiger partial charge >= 0.3 is 0 Å². The number of methoxy groups -OCH3 is 1. The number of aromatic nitrogens is 3. The average molecular weight is 613 g/mol. The molecule has 0 saturated heterocycles. The minimum Gasteiger partial charge on any atom is -0.493 e. The molecule has 12 heteroatoms. The Kier molecular flexibility index (Phi) is 10.4. The molecule has 0 unspecified atom stereocenters. The van der Waals surface area contributed by atoms with Crippen LogP contribution in [0, 0.1) is 0 Å². The van der Waals surface area contributed by atoms with Crippen LogP contribution in [-0.2, 0) is 27.5 Å². The van der Waals surface area contributed by atoms with Crippen LogP contribution in [-0.4, -0.2) is 77.3 Å². The average Bonchev–Trinajstić information content (AvgIpc) is 3.49. The van der Waals surface area contributed by atoms with Crippen molar-refractivity contribution in [3.63, 3.8) is 0 Å². The van der Waals surface area contributed by atoms with Gasteiger partial charge in [0.25, 0.3) is 5.91 Å². The second-order valence-electron chi connectivity index (χ2n) is 10.4. The molecule has 0 aliphatic carbocycles. The Hall–Kier alpha value is -5.23. The van der Waals surface area contributed by atoms with Gasteiger partial charge in [-0.3, -0.25) is 14.4 Å². The lowest BCUT2D eigenvalue weighted by Gasteiger charge is -2.23. The molecule has 0 spiro atoms. The van der Waals surface area contributed by atoms with Crippen molar-refractivity contribution in [1.82, 2.24) is 30.3 Å². The van der Waals surface area contributed by atoms with Crippen LogP contribution in [0.4, 0.5) is 0 Å². The topological polar surface area (TPSA) is 137 Å². The molecule has 45 heavy (non-hydrogen) atoms. The van der Waals surface area contributed by atoms with Crippen molar-refractivity contribution in [3.8, 4) is 22.9 Å². The summed E-state index contributed by atoms with van der Waals surface area (Å²) >= 11 is 0. The number of hydrogen-bond donors (Lipinski definition) is 2. The lowest BCUT2D eigenvalue weighted by atomic mass is 10.2. The first-order chi connectivity index (χ1) is 21.9. The molecule has 0 fully saturated rings. The van der Waals surface area contributed by atoms with Gasteiger partial charge in [-0.1, -0.05) is 60.7 Å². The van der Waals surface area contributed by atoms with Gasteiger partial charge < -0.3 is 29.7 Å². The van der Waals surface area contributed by atoms with E-state index in [1.54, 1.807) is 22.9 Å². The molecule has 2 heterocycles. The molecule has 12 nitrogen and oxygen atoms in total. The summed E-state index contributed by atoms with van der Waals surface area (Å²) in [6.45, 7) is 2.31. The zero-order valence-electron chi connectivity index (χ0n) is 25.3. The number of hydrogen-bond acceptors (Lipinski definition) is 8. The fourth-order valence-corrected chi connectivity index (χ4v) is 4.87. The van der Waals surface area contributed by atoms with E-state index in [9.17, 15) is 14.4 Å². The summed E-state index contributed by atoms with van der Waals surface area (Å²) in [7, 11) is 1.53. The molecule has 2 N–H and O–H groups in total. The standard InChI is InChI=1S/C33H36N6O6/c1-23-32-36-31(25-11-7-4-8-12-25)37-39(32)17-18-45-28-19-26(13-14-27(28)43-2)33(42)34-15-16-38(20-29(40)35-23)30(41)22-44-21-24-9-5-3-6-10-24/h3-14,19,23H,15-18,20-22H2,1-2H3,(H,34,42)(H,35,40)/t23-/m1/s1. The number of ether oxygens (including phenoxy) is 3. The highest BCUT2D eigenvalue weighted by Crippen LogP contribution is 2.28. The molecule has 0 radical (unpaired) electrons. The Morgan fingerprint density at radius 2 is 1.76 bits per heavy atom. The maximum atomic E-state index is 13.3. The Labute approximate surface area is 261 Å². The summed E-state index contributed by atoms with van der Waals surface area (Å²) in [5.74, 6) is 0.771. The number of fused-ring (bicyclic) bond motifs is 3. The molecule has 1 aromatic heterocycles. The highest BCUT2D eigenvalue weighted by atomic mass is 16.5. The lowest BCUT2D eigenvalue weighted by Crippen LogP contribution is -2.46. The van der Waals surface area contributed by atoms with E-state index in [-0.39, 0.29) is 51.3 Å². The van der Waals surface area contributed by atoms with Crippen molar-refractivity contribution in [2.24, 2.45) is 0 Å². The summed E-state index contributed by atoms with van der Waals surface area (Å²) in [6.07, 6.45) is 0. The van der Waals surface area contributed by atoms with Crippen molar-refractivity contribution in [3.05, 3.63) is 95.8 Å². The number of carbonyl (C=O) groups is 3. The molecule has 234 valence electrons. The van der Waals surface area contributed by atoms with E-state index in [1.807, 2.05) is 67.6 Å². The zero-order valence-corrected chi connectivity index (χ0v) is 25.3. The van der Waals surface area contributed by atoms with Gasteiger partial charge in [-0.25, -0.2) is 9.67 Å². The fourth-order valence-electron chi connectivity index (χ4n) is 4.87. The Morgan fingerprint density at radius 3 is 2.51 bits per heavy atom. The molecular weight excluding hydrogens is 576 g/mol. The smallest absolute Gasteiger partial charge is 0.251 e. The molecule has 0 saturated carbocycles. The second-order valence-corrected chi connectivity index (χ2v) is 10.4. The molecule has 3 amide bonds. The Morgan fingerprint density at radius 1 is 1.00 bits per heavy atom. The zero-order chi connectivity index (χ0) is 31.6. The number of nitrogens with one attached hydrogen (secondary N) is 2. The van der Waals surface area contributed by atoms with E-state index in [0.717, 1.165) is 11.1 Å². The number of benzene rings is 3. The van der Waals surface area contributed by atoms with Crippen molar-refractivity contribution >= 4 is 17.7 Å². The van der Waals surface area contributed by atoms with Crippen molar-refractivity contribution < 1.29 is 28.6 Å². The number of nitrogens with zero attached hydrogens (tertiary/aromatic N) is 4. The fraction of sp³-hybridized carbons (Fsp3) is 0.303. The maximum Gasteiger partial charge on any atom is 0.251 e. The van der Waals surface area contributed by atoms with E-state index < -0.39 is 11.9 Å². The first-order valence-electron chi connectivity index (χ1n) is 14.7. The monoisotopic (exact) mass is 612 g/mol. The minimum absolute atomic E-state index is 0.0922. The third-order valence-corrected chi connectivity index (χ3v) is 7.18. The largest absolute Gasteiger partial charge is 0.493 e. The normalized spacial score (nSPS) is 16.0. The molecule has 2 bridgehead atoms. The van der Waals surface area contributed by atoms with E-state index in [0.29, 0.717) is 35.3 Å². The predicted octanol–water partition coefficient (Wildman–Crippen LogP) is 3.00. The van der Waals surface area contributed by atoms with Crippen LogP contribution >= 0.6 is 0 Å². The lowest BCUT2D eigenvalue weighted by molar-refractivity contribution is -0.140. The van der Waals surface area contributed by atoms with Crippen LogP contribution < -0.4 is 20.1 Å². The predicted molar refractivity (Wildman–Crippen MR) is 166 cm³/mol. The molecule has 3 aromatic carbocycles. The molecule has 4 aromatic rings. The van der Waals surface area contributed by atoms with Crippen LogP contribution in [0.2, 0.25) is 0 Å². The number of carbonyl (C=O) groups excluding carboxylic acids is 3. The summed E-state index contributed by atoms with van der Waals surface area (Å²) in [4.78, 5) is 45.6. The minimum atomic E-state index is -0.540. The first-order valence-corrected chi connectivity index (χ1v) is 14.7. The summed E-state index contributed by atoms with van der Waals surface area (Å²) in [5, 5.41) is 10.5. The molecule has 1 aliphatic heterocycles. The maximum absolute atomic E-state index is 13.3.